The van der Waals surface area contributed by atoms with Gasteiger partial charge in [0.05, 0.1) is 18.8 Å². The van der Waals surface area contributed by atoms with Crippen molar-refractivity contribution in [2.75, 3.05) is 32.7 Å². The summed E-state index contributed by atoms with van der Waals surface area (Å²) in [7, 11) is 0. The van der Waals surface area contributed by atoms with Crippen molar-refractivity contribution in [3.8, 4) is 0 Å². The summed E-state index contributed by atoms with van der Waals surface area (Å²) in [5.41, 5.74) is 0.923. The van der Waals surface area contributed by atoms with Crippen LogP contribution < -0.4 is 5.32 Å². The number of amides is 1. The highest BCUT2D eigenvalue weighted by Gasteiger charge is 2.20. The molecule has 0 aromatic carbocycles. The largest absolute Gasteiger partial charge is 0.360 e. The SMILES string of the molecule is CCCC(C)NC(=O)CN1CCN(Cc2cc(C)no2)CC1. The summed E-state index contributed by atoms with van der Waals surface area (Å²) in [6, 6.07) is 2.25. The third-order valence-corrected chi connectivity index (χ3v) is 4.02. The number of carbonyl (C=O) groups excluding carboxylic acids is 1. The second kappa shape index (κ2) is 8.29. The molecule has 1 N–H and O–H groups in total. The molecule has 6 heteroatoms. The van der Waals surface area contributed by atoms with E-state index in [-0.39, 0.29) is 11.9 Å². The van der Waals surface area contributed by atoms with E-state index in [1.165, 1.54) is 0 Å². The van der Waals surface area contributed by atoms with Gasteiger partial charge in [-0.05, 0) is 20.3 Å². The molecule has 1 aliphatic heterocycles. The zero-order chi connectivity index (χ0) is 15.9. The Balaban J connectivity index is 1.67. The standard InChI is InChI=1S/C16H28N4O2/c1-4-5-13(2)17-16(21)12-20-8-6-19(7-9-20)11-15-10-14(3)18-22-15/h10,13H,4-9,11-12H2,1-3H3,(H,17,21). The van der Waals surface area contributed by atoms with E-state index in [9.17, 15) is 4.79 Å². The maximum absolute atomic E-state index is 12.0. The van der Waals surface area contributed by atoms with Crippen LogP contribution in [-0.4, -0.2) is 59.6 Å². The molecule has 2 heterocycles. The molecule has 22 heavy (non-hydrogen) atoms. The summed E-state index contributed by atoms with van der Waals surface area (Å²) in [4.78, 5) is 16.5. The third kappa shape index (κ3) is 5.42. The van der Waals surface area contributed by atoms with Crippen LogP contribution in [0.5, 0.6) is 0 Å². The van der Waals surface area contributed by atoms with Gasteiger partial charge < -0.3 is 9.84 Å². The van der Waals surface area contributed by atoms with E-state index in [2.05, 4.69) is 34.1 Å². The minimum atomic E-state index is 0.139. The number of carbonyl (C=O) groups is 1. The normalized spacial score (nSPS) is 18.3. The highest BCUT2D eigenvalue weighted by atomic mass is 16.5. The number of piperazine rings is 1. The van der Waals surface area contributed by atoms with Gasteiger partial charge in [0.1, 0.15) is 0 Å². The first-order chi connectivity index (χ1) is 10.6. The molecule has 0 spiro atoms. The van der Waals surface area contributed by atoms with Crippen LogP contribution in [0.2, 0.25) is 0 Å². The molecule has 6 nitrogen and oxygen atoms in total. The summed E-state index contributed by atoms with van der Waals surface area (Å²) in [5, 5.41) is 6.98. The van der Waals surface area contributed by atoms with Gasteiger partial charge >= 0.3 is 0 Å². The molecule has 0 radical (unpaired) electrons. The minimum absolute atomic E-state index is 0.139. The highest BCUT2D eigenvalue weighted by Crippen LogP contribution is 2.09. The Labute approximate surface area is 132 Å². The van der Waals surface area contributed by atoms with Crippen LogP contribution in [0.4, 0.5) is 0 Å². The minimum Gasteiger partial charge on any atom is -0.360 e. The fraction of sp³-hybridized carbons (Fsp3) is 0.750. The Morgan fingerprint density at radius 2 is 2.05 bits per heavy atom. The number of hydrogen-bond acceptors (Lipinski definition) is 5. The van der Waals surface area contributed by atoms with Crippen LogP contribution in [0.1, 0.15) is 38.1 Å². The Hall–Kier alpha value is -1.40. The molecule has 1 saturated heterocycles. The average Bonchev–Trinajstić information content (AvgIpc) is 2.86. The van der Waals surface area contributed by atoms with Gasteiger partial charge in [-0.1, -0.05) is 18.5 Å². The molecular weight excluding hydrogens is 280 g/mol. The van der Waals surface area contributed by atoms with E-state index in [1.807, 2.05) is 13.0 Å². The molecule has 1 fully saturated rings. The monoisotopic (exact) mass is 308 g/mol. The smallest absolute Gasteiger partial charge is 0.234 e. The van der Waals surface area contributed by atoms with Crippen molar-refractivity contribution in [3.63, 3.8) is 0 Å². The molecule has 1 aromatic rings. The molecule has 1 unspecified atom stereocenters. The molecule has 124 valence electrons. The Kier molecular flexibility index (Phi) is 6.39. The highest BCUT2D eigenvalue weighted by molar-refractivity contribution is 5.78. The van der Waals surface area contributed by atoms with Crippen molar-refractivity contribution >= 4 is 5.91 Å². The lowest BCUT2D eigenvalue weighted by Gasteiger charge is -2.33. The molecule has 2 rings (SSSR count). The first-order valence-corrected chi connectivity index (χ1v) is 8.23. The third-order valence-electron chi connectivity index (χ3n) is 4.02. The van der Waals surface area contributed by atoms with Crippen LogP contribution in [0, 0.1) is 6.92 Å². The maximum atomic E-state index is 12.0. The number of aryl methyl sites for hydroxylation is 1. The molecule has 1 atom stereocenters. The summed E-state index contributed by atoms with van der Waals surface area (Å²) in [6.07, 6.45) is 2.14. The van der Waals surface area contributed by atoms with Gasteiger partial charge in [0.25, 0.3) is 0 Å². The van der Waals surface area contributed by atoms with Gasteiger partial charge in [-0.15, -0.1) is 0 Å². The summed E-state index contributed by atoms with van der Waals surface area (Å²) in [6.45, 7) is 11.2. The van der Waals surface area contributed by atoms with Gasteiger partial charge in [-0.25, -0.2) is 0 Å². The molecule has 1 amide bonds. The first-order valence-electron chi connectivity index (χ1n) is 8.23. The number of hydrogen-bond donors (Lipinski definition) is 1. The van der Waals surface area contributed by atoms with E-state index in [0.29, 0.717) is 6.54 Å². The predicted octanol–water partition coefficient (Wildman–Crippen LogP) is 1.41. The number of aromatic nitrogens is 1. The second-order valence-corrected chi connectivity index (χ2v) is 6.24. The zero-order valence-electron chi connectivity index (χ0n) is 14.0. The van der Waals surface area contributed by atoms with Crippen molar-refractivity contribution in [1.29, 1.82) is 0 Å². The second-order valence-electron chi connectivity index (χ2n) is 6.24. The summed E-state index contributed by atoms with van der Waals surface area (Å²) >= 11 is 0. The Morgan fingerprint density at radius 1 is 1.36 bits per heavy atom. The molecule has 0 aliphatic carbocycles. The van der Waals surface area contributed by atoms with Gasteiger partial charge in [0.15, 0.2) is 5.76 Å². The van der Waals surface area contributed by atoms with Crippen LogP contribution in [0.25, 0.3) is 0 Å². The van der Waals surface area contributed by atoms with Crippen molar-refractivity contribution in [3.05, 3.63) is 17.5 Å². The molecule has 0 bridgehead atoms. The predicted molar refractivity (Wildman–Crippen MR) is 85.5 cm³/mol. The lowest BCUT2D eigenvalue weighted by atomic mass is 10.2. The van der Waals surface area contributed by atoms with Crippen molar-refractivity contribution in [2.24, 2.45) is 0 Å². The molecule has 0 saturated carbocycles. The average molecular weight is 308 g/mol. The van der Waals surface area contributed by atoms with Gasteiger partial charge in [-0.2, -0.15) is 0 Å². The van der Waals surface area contributed by atoms with Crippen molar-refractivity contribution in [2.45, 2.75) is 46.2 Å². The van der Waals surface area contributed by atoms with E-state index in [0.717, 1.165) is 57.0 Å². The lowest BCUT2D eigenvalue weighted by Crippen LogP contribution is -2.49. The van der Waals surface area contributed by atoms with Crippen molar-refractivity contribution in [1.82, 2.24) is 20.3 Å². The van der Waals surface area contributed by atoms with E-state index in [4.69, 9.17) is 4.52 Å². The lowest BCUT2D eigenvalue weighted by molar-refractivity contribution is -0.123. The number of nitrogens with zero attached hydrogens (tertiary/aromatic N) is 3. The number of rotatable bonds is 7. The van der Waals surface area contributed by atoms with Gasteiger partial charge in [-0.3, -0.25) is 14.6 Å². The summed E-state index contributed by atoms with van der Waals surface area (Å²) in [5.74, 6) is 1.05. The van der Waals surface area contributed by atoms with Crippen LogP contribution >= 0.6 is 0 Å². The maximum Gasteiger partial charge on any atom is 0.234 e. The topological polar surface area (TPSA) is 61.6 Å². The fourth-order valence-electron chi connectivity index (χ4n) is 2.85. The van der Waals surface area contributed by atoms with Crippen LogP contribution in [0.15, 0.2) is 10.6 Å². The molecule has 1 aromatic heterocycles. The van der Waals surface area contributed by atoms with Gasteiger partial charge in [0, 0.05) is 38.3 Å². The molecule has 1 aliphatic rings. The fourth-order valence-corrected chi connectivity index (χ4v) is 2.85. The first kappa shape index (κ1) is 17.0. The van der Waals surface area contributed by atoms with Crippen LogP contribution in [-0.2, 0) is 11.3 Å². The van der Waals surface area contributed by atoms with E-state index >= 15 is 0 Å². The summed E-state index contributed by atoms with van der Waals surface area (Å²) < 4.78 is 5.26. The Morgan fingerprint density at radius 3 is 2.64 bits per heavy atom. The van der Waals surface area contributed by atoms with E-state index < -0.39 is 0 Å². The quantitative estimate of drug-likeness (QED) is 0.825. The van der Waals surface area contributed by atoms with Gasteiger partial charge in [0.2, 0.25) is 5.91 Å². The van der Waals surface area contributed by atoms with E-state index in [1.54, 1.807) is 0 Å². The van der Waals surface area contributed by atoms with Crippen LogP contribution in [0.3, 0.4) is 0 Å². The molecular formula is C16H28N4O2. The number of nitrogens with one attached hydrogen (secondary N) is 1. The zero-order valence-corrected chi connectivity index (χ0v) is 14.0. The van der Waals surface area contributed by atoms with Crippen molar-refractivity contribution < 1.29 is 9.32 Å². The Bertz CT molecular complexity index is 466.